The molecule has 2 atom stereocenters. The van der Waals surface area contributed by atoms with E-state index in [0.717, 1.165) is 6.42 Å². The third-order valence-electron chi connectivity index (χ3n) is 7.90. The van der Waals surface area contributed by atoms with E-state index in [1.165, 1.54) is 0 Å². The number of aryl methyl sites for hydroxylation is 1. The molecule has 7 nitrogen and oxygen atoms in total. The lowest BCUT2D eigenvalue weighted by molar-refractivity contribution is -0.128. The Bertz CT molecular complexity index is 1420. The van der Waals surface area contributed by atoms with Gasteiger partial charge in [-0.3, -0.25) is 9.59 Å². The molecule has 0 unspecified atom stereocenters. The summed E-state index contributed by atoms with van der Waals surface area (Å²) in [4.78, 5) is 42.0. The van der Waals surface area contributed by atoms with Crippen molar-refractivity contribution >= 4 is 28.6 Å². The van der Waals surface area contributed by atoms with E-state index in [1.54, 1.807) is 19.1 Å². The van der Waals surface area contributed by atoms with Gasteiger partial charge >= 0.3 is 5.97 Å². The van der Waals surface area contributed by atoms with Crippen molar-refractivity contribution in [1.82, 2.24) is 4.90 Å². The summed E-state index contributed by atoms with van der Waals surface area (Å²) in [5.74, 6) is -0.103. The van der Waals surface area contributed by atoms with E-state index in [4.69, 9.17) is 9.15 Å². The number of carbonyl (C=O) groups excluding carboxylic acids is 2. The molecule has 1 aromatic carbocycles. The van der Waals surface area contributed by atoms with Gasteiger partial charge in [0.15, 0.2) is 5.78 Å². The quantitative estimate of drug-likeness (QED) is 0.532. The molecule has 0 fully saturated rings. The number of amides is 1. The minimum atomic E-state index is -1.06. The number of ether oxygens (including phenoxy) is 1. The molecule has 3 aliphatic rings. The third-order valence-corrected chi connectivity index (χ3v) is 7.90. The zero-order valence-corrected chi connectivity index (χ0v) is 22.7. The average Bonchev–Trinajstić information content (AvgIpc) is 3.28. The van der Waals surface area contributed by atoms with E-state index in [1.807, 2.05) is 32.6 Å². The summed E-state index contributed by atoms with van der Waals surface area (Å²) in [7, 11) is 0. The van der Waals surface area contributed by atoms with E-state index in [-0.39, 0.29) is 34.6 Å². The fourth-order valence-corrected chi connectivity index (χ4v) is 6.47. The number of fused-ring (bicyclic) bond motifs is 1. The largest absolute Gasteiger partial charge is 0.478 e. The molecule has 1 aliphatic carbocycles. The molecule has 1 N–H and O–H groups in total. The van der Waals surface area contributed by atoms with Crippen LogP contribution in [-0.2, 0) is 14.3 Å². The van der Waals surface area contributed by atoms with Crippen LogP contribution >= 0.6 is 0 Å². The third kappa shape index (κ3) is 3.82. The Morgan fingerprint density at radius 3 is 2.49 bits per heavy atom. The number of rotatable bonds is 5. The van der Waals surface area contributed by atoms with Gasteiger partial charge in [-0.1, -0.05) is 34.6 Å². The summed E-state index contributed by atoms with van der Waals surface area (Å²) in [5, 5.41) is 10.7. The number of allylic oxidation sites excluding steroid dienone is 2. The molecule has 7 heteroatoms. The number of aromatic carboxylic acids is 1. The minimum Gasteiger partial charge on any atom is -0.478 e. The maximum absolute atomic E-state index is 14.1. The number of carboxylic acid groups (broad SMARTS) is 1. The molecule has 37 heavy (non-hydrogen) atoms. The van der Waals surface area contributed by atoms with Crippen LogP contribution < -0.4 is 0 Å². The predicted molar refractivity (Wildman–Crippen MR) is 139 cm³/mol. The normalized spacial score (nSPS) is 23.2. The van der Waals surface area contributed by atoms with Crippen LogP contribution in [0.15, 0.2) is 39.2 Å². The Morgan fingerprint density at radius 2 is 1.86 bits per heavy atom. The number of Topliss-reactive ketones (excluding diaryl/α,β-unsaturated/α-hetero) is 1. The standard InChI is InChI=1S/C30H35NO6/c1-8-9-31-25(14(2)3)27-24(28(31)33)23(22-19(32)12-30(6,7)13-20(22)37-27)21-16(5)18(29(34)35)11-17-10-15(4)36-26(17)21/h10-11,14,23,25H,8-9,12-13H2,1-7H3,(H,34,35)/t23-,25+/m0/s1. The van der Waals surface area contributed by atoms with Crippen molar-refractivity contribution in [3.05, 3.63) is 57.2 Å². The Hall–Kier alpha value is -3.35. The topological polar surface area (TPSA) is 97.0 Å². The number of furan rings is 1. The summed E-state index contributed by atoms with van der Waals surface area (Å²) < 4.78 is 12.7. The fourth-order valence-electron chi connectivity index (χ4n) is 6.47. The first-order chi connectivity index (χ1) is 17.4. The van der Waals surface area contributed by atoms with Crippen LogP contribution in [0.5, 0.6) is 0 Å². The van der Waals surface area contributed by atoms with Crippen molar-refractivity contribution in [1.29, 1.82) is 0 Å². The molecule has 3 heterocycles. The Labute approximate surface area is 217 Å². The highest BCUT2D eigenvalue weighted by molar-refractivity contribution is 6.08. The lowest BCUT2D eigenvalue weighted by Crippen LogP contribution is -2.39. The van der Waals surface area contributed by atoms with Gasteiger partial charge in [-0.2, -0.15) is 0 Å². The molecule has 0 saturated carbocycles. The van der Waals surface area contributed by atoms with Crippen molar-refractivity contribution < 1.29 is 28.6 Å². The average molecular weight is 506 g/mol. The second-order valence-electron chi connectivity index (χ2n) is 11.8. The second kappa shape index (κ2) is 8.61. The van der Waals surface area contributed by atoms with Gasteiger partial charge in [0.1, 0.15) is 22.9 Å². The van der Waals surface area contributed by atoms with Crippen molar-refractivity contribution in [2.75, 3.05) is 6.54 Å². The van der Waals surface area contributed by atoms with Crippen LogP contribution in [0.3, 0.4) is 0 Å². The summed E-state index contributed by atoms with van der Waals surface area (Å²) in [6, 6.07) is 3.16. The number of nitrogens with zero attached hydrogens (tertiary/aromatic N) is 1. The maximum atomic E-state index is 14.1. The van der Waals surface area contributed by atoms with Crippen LogP contribution in [0, 0.1) is 25.2 Å². The smallest absolute Gasteiger partial charge is 0.335 e. The van der Waals surface area contributed by atoms with Crippen molar-refractivity contribution in [2.45, 2.75) is 79.7 Å². The molecular weight excluding hydrogens is 470 g/mol. The minimum absolute atomic E-state index is 0.0674. The first kappa shape index (κ1) is 25.3. The first-order valence-corrected chi connectivity index (χ1v) is 13.1. The molecule has 2 aromatic rings. The maximum Gasteiger partial charge on any atom is 0.335 e. The van der Waals surface area contributed by atoms with E-state index in [2.05, 4.69) is 13.8 Å². The van der Waals surface area contributed by atoms with Gasteiger partial charge in [0.25, 0.3) is 5.91 Å². The van der Waals surface area contributed by atoms with Gasteiger partial charge in [0.05, 0.1) is 23.1 Å². The van der Waals surface area contributed by atoms with Gasteiger partial charge in [0.2, 0.25) is 0 Å². The van der Waals surface area contributed by atoms with Crippen LogP contribution in [0.1, 0.15) is 87.0 Å². The summed E-state index contributed by atoms with van der Waals surface area (Å²) in [6.45, 7) is 14.4. The Balaban J connectivity index is 1.87. The summed E-state index contributed by atoms with van der Waals surface area (Å²) >= 11 is 0. The van der Waals surface area contributed by atoms with Gasteiger partial charge in [-0.25, -0.2) is 4.79 Å². The van der Waals surface area contributed by atoms with Crippen LogP contribution in [0.2, 0.25) is 0 Å². The van der Waals surface area contributed by atoms with Gasteiger partial charge in [0, 0.05) is 35.9 Å². The van der Waals surface area contributed by atoms with Crippen molar-refractivity contribution in [3.63, 3.8) is 0 Å². The monoisotopic (exact) mass is 505 g/mol. The number of carboxylic acids is 1. The number of hydrogen-bond acceptors (Lipinski definition) is 5. The number of carbonyl (C=O) groups is 3. The Morgan fingerprint density at radius 1 is 1.16 bits per heavy atom. The van der Waals surface area contributed by atoms with Crippen LogP contribution in [-0.4, -0.2) is 40.3 Å². The molecule has 0 bridgehead atoms. The second-order valence-corrected chi connectivity index (χ2v) is 11.8. The molecule has 1 aromatic heterocycles. The summed E-state index contributed by atoms with van der Waals surface area (Å²) in [6.07, 6.45) is 1.67. The molecule has 0 spiro atoms. The molecule has 5 rings (SSSR count). The highest BCUT2D eigenvalue weighted by Gasteiger charge is 2.53. The number of benzene rings is 1. The van der Waals surface area contributed by atoms with E-state index < -0.39 is 11.9 Å². The molecule has 196 valence electrons. The van der Waals surface area contributed by atoms with Gasteiger partial charge in [-0.15, -0.1) is 0 Å². The highest BCUT2D eigenvalue weighted by atomic mass is 16.5. The van der Waals surface area contributed by atoms with Crippen LogP contribution in [0.25, 0.3) is 11.0 Å². The highest BCUT2D eigenvalue weighted by Crippen LogP contribution is 2.54. The lowest BCUT2D eigenvalue weighted by atomic mass is 9.69. The molecule has 2 aliphatic heterocycles. The van der Waals surface area contributed by atoms with Crippen molar-refractivity contribution in [3.8, 4) is 0 Å². The molecular formula is C30H35NO6. The van der Waals surface area contributed by atoms with Gasteiger partial charge < -0.3 is 19.2 Å². The molecule has 0 saturated heterocycles. The zero-order chi connectivity index (χ0) is 27.0. The molecule has 0 radical (unpaired) electrons. The molecule has 1 amide bonds. The SMILES string of the molecule is CCCN1C(=O)C2=C(OC3=C(C(=O)CC(C)(C)C3)[C@@H]2c2c(C)c(C(=O)O)cc3cc(C)oc23)[C@H]1C(C)C. The predicted octanol–water partition coefficient (Wildman–Crippen LogP) is 6.04. The number of ketones is 1. The number of hydrogen-bond donors (Lipinski definition) is 1. The fraction of sp³-hybridized carbons (Fsp3) is 0.500. The summed E-state index contributed by atoms with van der Waals surface area (Å²) in [5.41, 5.74) is 2.36. The van der Waals surface area contributed by atoms with Crippen molar-refractivity contribution in [2.24, 2.45) is 11.3 Å². The lowest BCUT2D eigenvalue weighted by Gasteiger charge is -2.38. The van der Waals surface area contributed by atoms with E-state index >= 15 is 0 Å². The zero-order valence-electron chi connectivity index (χ0n) is 22.7. The van der Waals surface area contributed by atoms with E-state index in [0.29, 0.717) is 69.9 Å². The first-order valence-electron chi connectivity index (χ1n) is 13.1. The van der Waals surface area contributed by atoms with E-state index in [9.17, 15) is 19.5 Å². The van der Waals surface area contributed by atoms with Gasteiger partial charge in [-0.05, 0) is 49.3 Å². The van der Waals surface area contributed by atoms with Crippen LogP contribution in [0.4, 0.5) is 0 Å². The Kier molecular flexibility index (Phi) is 5.89.